The summed E-state index contributed by atoms with van der Waals surface area (Å²) in [6.07, 6.45) is 4.37. The number of unbranched alkanes of at least 4 members (excludes halogenated alkanes) is 2. The SMILES string of the molecule is Cc1c(-c2ccc(-c3ccc4c(c3)N(C(=O)Nc3nc5ccccc5s3)CCC4)nc2C(=O)O)cnn1CC12CC3(C)CC(C)(C1)CC(OCCN(C)C(=O)OCc1ccc(OC4CCC4C4(OCCNC(=O)[C@H](CS(=O)(=O)O)NC(=O)CCCCCN5C(=O)C=CC5=O)CCC4)cc1O[C@@H]1OC(C(=O)O)[C@@H](O)[C@H](O)[C@@H]1O)(C3)C2. The molecule has 7 fully saturated rings. The van der Waals surface area contributed by atoms with E-state index in [1.807, 2.05) is 54.1 Å². The fourth-order valence-corrected chi connectivity index (χ4v) is 20.9. The number of urea groups is 1. The number of aliphatic hydroxyl groups is 3. The van der Waals surface area contributed by atoms with Gasteiger partial charge in [-0.25, -0.2) is 29.1 Å². The molecule has 3 aromatic heterocycles. The van der Waals surface area contributed by atoms with Gasteiger partial charge in [0.2, 0.25) is 18.1 Å². The number of para-hydroxylation sites is 1. The van der Waals surface area contributed by atoms with Crippen LogP contribution < -0.4 is 30.3 Å². The molecule has 34 heteroatoms. The maximum atomic E-state index is 14.0. The number of aryl methyl sites for hydroxylation is 1. The minimum absolute atomic E-state index is 0.0125. The molecule has 5 unspecified atom stereocenters. The van der Waals surface area contributed by atoms with E-state index in [1.165, 1.54) is 34.5 Å². The van der Waals surface area contributed by atoms with Crippen molar-refractivity contribution >= 4 is 90.2 Å². The number of benzene rings is 3. The number of carboxylic acid groups (broad SMARTS) is 2. The Bertz CT molecular complexity index is 4800. The number of aromatic nitrogens is 4. The summed E-state index contributed by atoms with van der Waals surface area (Å²) in [4.78, 5) is 117. The minimum atomic E-state index is -4.73. The van der Waals surface area contributed by atoms with Gasteiger partial charge in [0.15, 0.2) is 16.9 Å². The van der Waals surface area contributed by atoms with Crippen LogP contribution in [0.4, 0.5) is 20.4 Å². The van der Waals surface area contributed by atoms with Crippen LogP contribution in [0.2, 0.25) is 0 Å². The van der Waals surface area contributed by atoms with E-state index < -0.39 is 118 Å². The van der Waals surface area contributed by atoms with Gasteiger partial charge in [-0.15, -0.1) is 0 Å². The molecule has 6 aliphatic carbocycles. The molecular formula is C80H96N10O22S2. The van der Waals surface area contributed by atoms with Crippen LogP contribution >= 0.6 is 11.3 Å². The summed E-state index contributed by atoms with van der Waals surface area (Å²) in [6, 6.07) is 19.7. The third-order valence-corrected chi connectivity index (χ3v) is 25.6. The van der Waals surface area contributed by atoms with Crippen molar-refractivity contribution in [1.29, 1.82) is 0 Å². The molecule has 32 nitrogen and oxygen atoms in total. The fraction of sp³-hybridized carbons (Fsp3) is 0.537. The number of imide groups is 1. The summed E-state index contributed by atoms with van der Waals surface area (Å²) in [5, 5.41) is 66.5. The van der Waals surface area contributed by atoms with Crippen molar-refractivity contribution in [2.75, 3.05) is 62.4 Å². The number of nitrogens with one attached hydrogen (secondary N) is 3. The number of thiazole rings is 1. The first kappa shape index (κ1) is 81.1. The molecule has 6 aromatic rings. The van der Waals surface area contributed by atoms with Gasteiger partial charge in [-0.05, 0) is 168 Å². The van der Waals surface area contributed by atoms with Crippen LogP contribution in [-0.2, 0) is 72.6 Å². The van der Waals surface area contributed by atoms with E-state index >= 15 is 0 Å². The molecule has 3 aliphatic heterocycles. The quantitative estimate of drug-likeness (QED) is 0.0110. The third kappa shape index (κ3) is 17.5. The lowest BCUT2D eigenvalue weighted by Gasteiger charge is -2.69. The summed E-state index contributed by atoms with van der Waals surface area (Å²) >= 11 is 1.40. The van der Waals surface area contributed by atoms with E-state index in [0.717, 1.165) is 89.8 Å². The van der Waals surface area contributed by atoms with E-state index in [4.69, 9.17) is 38.5 Å². The van der Waals surface area contributed by atoms with Gasteiger partial charge in [0.05, 0.1) is 46.5 Å². The second-order valence-electron chi connectivity index (χ2n) is 32.8. The zero-order valence-electron chi connectivity index (χ0n) is 63.8. The number of carboxylic acids is 2. The molecule has 114 heavy (non-hydrogen) atoms. The zero-order chi connectivity index (χ0) is 80.8. The Balaban J connectivity index is 0.593. The normalized spacial score (nSPS) is 26.8. The lowest BCUT2D eigenvalue weighted by Crippen LogP contribution is -2.64. The van der Waals surface area contributed by atoms with Gasteiger partial charge in [-0.2, -0.15) is 13.5 Å². The average molecular weight is 1610 g/mol. The molecule has 0 radical (unpaired) electrons. The number of nitrogens with zero attached hydrogens (tertiary/aromatic N) is 7. The van der Waals surface area contributed by atoms with Crippen LogP contribution in [0.5, 0.6) is 11.5 Å². The Kier molecular flexibility index (Phi) is 23.2. The van der Waals surface area contributed by atoms with Gasteiger partial charge < -0.3 is 69.5 Å². The highest BCUT2D eigenvalue weighted by Crippen LogP contribution is 2.72. The molecule has 6 saturated carbocycles. The molecule has 9 aliphatic rings. The molecule has 4 bridgehead atoms. The maximum absolute atomic E-state index is 14.0. The van der Waals surface area contributed by atoms with Crippen molar-refractivity contribution < 1.29 is 105 Å². The number of fused-ring (bicyclic) bond motifs is 2. The number of anilines is 2. The van der Waals surface area contributed by atoms with Gasteiger partial charge in [0.25, 0.3) is 21.9 Å². The van der Waals surface area contributed by atoms with Crippen LogP contribution in [0.25, 0.3) is 32.6 Å². The van der Waals surface area contributed by atoms with E-state index in [2.05, 4.69) is 34.8 Å². The second-order valence-corrected chi connectivity index (χ2v) is 35.3. The molecule has 0 spiro atoms. The number of aromatic carboxylic acids is 1. The first-order valence-electron chi connectivity index (χ1n) is 38.7. The van der Waals surface area contributed by atoms with Crippen molar-refractivity contribution in [3.05, 3.63) is 114 Å². The summed E-state index contributed by atoms with van der Waals surface area (Å²) in [6.45, 7) is 7.61. The minimum Gasteiger partial charge on any atom is -0.490 e. The molecular weight excluding hydrogens is 1520 g/mol. The van der Waals surface area contributed by atoms with Crippen LogP contribution in [0, 0.1) is 29.1 Å². The molecule has 610 valence electrons. The maximum Gasteiger partial charge on any atom is 0.409 e. The monoisotopic (exact) mass is 1610 g/mol. The predicted molar refractivity (Wildman–Crippen MR) is 411 cm³/mol. The molecule has 10 atom stereocenters. The summed E-state index contributed by atoms with van der Waals surface area (Å²) < 4.78 is 74.1. The number of hydrogen-bond acceptors (Lipinski definition) is 23. The highest BCUT2D eigenvalue weighted by molar-refractivity contribution is 7.85. The van der Waals surface area contributed by atoms with Gasteiger partial charge in [0, 0.05) is 104 Å². The lowest BCUT2D eigenvalue weighted by molar-refractivity contribution is -0.271. The number of carbonyl (C=O) groups excluding carboxylic acids is 6. The Labute approximate surface area is 661 Å². The van der Waals surface area contributed by atoms with E-state index in [9.17, 15) is 76.9 Å². The summed E-state index contributed by atoms with van der Waals surface area (Å²) in [7, 11) is -3.15. The zero-order valence-corrected chi connectivity index (χ0v) is 65.5. The molecule has 7 amide bonds. The second kappa shape index (κ2) is 32.6. The number of aliphatic carboxylic acids is 1. The van der Waals surface area contributed by atoms with Crippen LogP contribution in [0.15, 0.2) is 91.1 Å². The molecule has 3 aromatic carbocycles. The number of amides is 7. The summed E-state index contributed by atoms with van der Waals surface area (Å²) in [5.41, 5.74) is 3.93. The number of hydrogen-bond donors (Lipinski definition) is 9. The highest BCUT2D eigenvalue weighted by Gasteiger charge is 2.66. The van der Waals surface area contributed by atoms with Crippen molar-refractivity contribution in [2.45, 2.75) is 197 Å². The largest absolute Gasteiger partial charge is 0.490 e. The first-order valence-corrected chi connectivity index (χ1v) is 41.2. The van der Waals surface area contributed by atoms with Crippen LogP contribution in [-0.4, -0.2) is 222 Å². The summed E-state index contributed by atoms with van der Waals surface area (Å²) in [5.74, 6) is -6.26. The van der Waals surface area contributed by atoms with Crippen molar-refractivity contribution in [3.8, 4) is 33.9 Å². The first-order chi connectivity index (χ1) is 54.3. The van der Waals surface area contributed by atoms with E-state index in [0.29, 0.717) is 85.6 Å². The van der Waals surface area contributed by atoms with Crippen LogP contribution in [0.3, 0.4) is 0 Å². The number of ether oxygens (including phenoxy) is 6. The van der Waals surface area contributed by atoms with Crippen molar-refractivity contribution in [3.63, 3.8) is 0 Å². The Hall–Kier alpha value is -9.52. The lowest BCUT2D eigenvalue weighted by atomic mass is 9.39. The molecule has 1 saturated heterocycles. The van der Waals surface area contributed by atoms with Gasteiger partial charge in [-0.3, -0.25) is 43.5 Å². The highest BCUT2D eigenvalue weighted by atomic mass is 32.2. The van der Waals surface area contributed by atoms with Crippen molar-refractivity contribution in [2.24, 2.45) is 22.2 Å². The third-order valence-electron chi connectivity index (χ3n) is 23.9. The van der Waals surface area contributed by atoms with Crippen LogP contribution in [0.1, 0.15) is 144 Å². The predicted octanol–water partition coefficient (Wildman–Crippen LogP) is 7.96. The van der Waals surface area contributed by atoms with E-state index in [-0.39, 0.29) is 90.2 Å². The smallest absolute Gasteiger partial charge is 0.409 e. The average Bonchev–Trinajstić information content (AvgIpc) is 0.828. The van der Waals surface area contributed by atoms with Crippen molar-refractivity contribution in [1.82, 2.24) is 40.2 Å². The topological polar surface area (TPSA) is 437 Å². The number of aliphatic hydroxyl groups excluding tert-OH is 3. The van der Waals surface area contributed by atoms with Gasteiger partial charge in [-0.1, -0.05) is 55.9 Å². The number of pyridine rings is 1. The molecule has 6 heterocycles. The Morgan fingerprint density at radius 1 is 0.816 bits per heavy atom. The fourth-order valence-electron chi connectivity index (χ4n) is 19.4. The van der Waals surface area contributed by atoms with E-state index in [1.54, 1.807) is 42.4 Å². The van der Waals surface area contributed by atoms with Gasteiger partial charge >= 0.3 is 24.1 Å². The standard InChI is InChI=1S/C80H96N10O22S2/c1-46-52(51-20-22-54(84-64(51)70(98)99)48-17-16-47-12-10-30-88(57(47)34-48)74(102)86-73-85-55-13-7-8-14-60(55)113-73)36-82-90(46)45-78-40-76(2)39-77(3,41-78)43-79(42-76,44-78)108-33-31-87(4)75(103)107-37-49-18-19-50(35-59(49)111-72-67(96)65(94)66(95)68(112-72)71(100)101)110-58-23-21-53(58)80(26-11-27-80)109-32-28-81-69(97)56(38-114(104,105)106)83-61(91)15-6-5-9-29-89-62(92)24-25-63(89)93/h7-8,13-14,16-20,22,24-25,34-36,53,56,58,65-68,72,94-96H,5-6,9-12,15,21,23,26-33,37-45H2,1-4H3,(H,81,97)(H,83,91)(H,98,99)(H,100,101)(H,85,86,102)(H,104,105,106)/t53?,56-,58?,65-,66-,67-,68?,72+,76?,77?,78?,79?/m0/s1. The number of rotatable bonds is 32. The Morgan fingerprint density at radius 2 is 1.58 bits per heavy atom. The molecule has 9 N–H and O–H groups in total. The Morgan fingerprint density at radius 3 is 2.28 bits per heavy atom. The number of likely N-dealkylation sites (N-methyl/N-ethyl adjacent to an activating group) is 1. The van der Waals surface area contributed by atoms with Gasteiger partial charge in [0.1, 0.15) is 54.3 Å². The molecule has 15 rings (SSSR count). The number of carbonyl (C=O) groups is 8.